The normalized spacial score (nSPS) is 27.0. The zero-order chi connectivity index (χ0) is 6.91. The Bertz CT molecular complexity index is 105. The average molecular weight is 147 g/mol. The van der Waals surface area contributed by atoms with E-state index in [9.17, 15) is 0 Å². The summed E-state index contributed by atoms with van der Waals surface area (Å²) >= 11 is 1.65. The lowest BCUT2D eigenvalue weighted by molar-refractivity contribution is -0.112. The third-order valence-corrected chi connectivity index (χ3v) is 2.11. The van der Waals surface area contributed by atoms with Gasteiger partial charge < -0.3 is 0 Å². The van der Waals surface area contributed by atoms with E-state index in [1.807, 2.05) is 10.7 Å². The molecule has 9 heavy (non-hydrogen) atoms. The average Bonchev–Trinajstić information content (AvgIpc) is 2.10. The summed E-state index contributed by atoms with van der Waals surface area (Å²) in [5.41, 5.74) is 0.0724. The number of nitrogens with zero attached hydrogens (tertiary/aromatic N) is 1. The van der Waals surface area contributed by atoms with E-state index in [4.69, 9.17) is 4.84 Å². The molecule has 0 N–H and O–H groups in total. The van der Waals surface area contributed by atoms with Gasteiger partial charge in [-0.2, -0.15) is 0 Å². The van der Waals surface area contributed by atoms with Crippen molar-refractivity contribution in [2.75, 3.05) is 12.8 Å². The summed E-state index contributed by atoms with van der Waals surface area (Å²) < 4.78 is 1.93. The summed E-state index contributed by atoms with van der Waals surface area (Å²) in [5, 5.41) is 0. The lowest BCUT2D eigenvalue weighted by atomic mass is 10.1. The minimum absolute atomic E-state index is 0.0724. The van der Waals surface area contributed by atoms with Crippen molar-refractivity contribution in [2.45, 2.75) is 25.9 Å². The maximum absolute atomic E-state index is 5.49. The quantitative estimate of drug-likeness (QED) is 0.524. The van der Waals surface area contributed by atoms with Crippen LogP contribution in [0.15, 0.2) is 0 Å². The highest BCUT2D eigenvalue weighted by molar-refractivity contribution is 7.96. The predicted molar refractivity (Wildman–Crippen MR) is 40.0 cm³/mol. The van der Waals surface area contributed by atoms with E-state index in [0.29, 0.717) is 0 Å². The molecule has 0 aliphatic carbocycles. The second-order valence-corrected chi connectivity index (χ2v) is 3.61. The zero-order valence-electron chi connectivity index (χ0n) is 6.18. The molecule has 54 valence electrons. The van der Waals surface area contributed by atoms with Gasteiger partial charge in [-0.3, -0.25) is 4.84 Å². The second kappa shape index (κ2) is 2.48. The molecule has 0 radical (unpaired) electrons. The first-order valence-corrected chi connectivity index (χ1v) is 4.33. The van der Waals surface area contributed by atoms with Crippen molar-refractivity contribution < 1.29 is 4.84 Å². The van der Waals surface area contributed by atoms with Gasteiger partial charge >= 0.3 is 0 Å². The summed E-state index contributed by atoms with van der Waals surface area (Å²) in [6, 6.07) is 0. The molecule has 0 aromatic heterocycles. The molecule has 0 aromatic carbocycles. The van der Waals surface area contributed by atoms with Crippen LogP contribution in [0.1, 0.15) is 20.3 Å². The van der Waals surface area contributed by atoms with Crippen molar-refractivity contribution in [3.05, 3.63) is 0 Å². The summed E-state index contributed by atoms with van der Waals surface area (Å²) in [7, 11) is 0. The molecule has 1 heterocycles. The van der Waals surface area contributed by atoms with Crippen molar-refractivity contribution in [3.8, 4) is 0 Å². The molecule has 1 rings (SSSR count). The Labute approximate surface area is 60.6 Å². The summed E-state index contributed by atoms with van der Waals surface area (Å²) in [6.07, 6.45) is 3.16. The molecule has 0 atom stereocenters. The van der Waals surface area contributed by atoms with Gasteiger partial charge in [0.15, 0.2) is 0 Å². The smallest absolute Gasteiger partial charge is 0.0868 e. The Morgan fingerprint density at radius 1 is 1.56 bits per heavy atom. The van der Waals surface area contributed by atoms with Crippen molar-refractivity contribution in [1.29, 1.82) is 0 Å². The summed E-state index contributed by atoms with van der Waals surface area (Å²) in [4.78, 5) is 5.49. The van der Waals surface area contributed by atoms with E-state index >= 15 is 0 Å². The SMILES string of the molecule is CSN1CCC(C)(C)O1. The molecule has 1 aliphatic heterocycles. The van der Waals surface area contributed by atoms with Gasteiger partial charge in [0.2, 0.25) is 0 Å². The highest BCUT2D eigenvalue weighted by Gasteiger charge is 2.29. The maximum atomic E-state index is 5.49. The molecule has 3 heteroatoms. The highest BCUT2D eigenvalue weighted by Crippen LogP contribution is 2.27. The predicted octanol–water partition coefficient (Wildman–Crippen LogP) is 1.68. The van der Waals surface area contributed by atoms with Gasteiger partial charge in [0.05, 0.1) is 5.60 Å². The molecule has 0 spiro atoms. The molecular weight excluding hydrogens is 134 g/mol. The van der Waals surface area contributed by atoms with Crippen LogP contribution in [0.4, 0.5) is 0 Å². The lowest BCUT2D eigenvalue weighted by Crippen LogP contribution is -2.19. The van der Waals surface area contributed by atoms with E-state index in [2.05, 4.69) is 13.8 Å². The number of hydrogen-bond acceptors (Lipinski definition) is 3. The van der Waals surface area contributed by atoms with Crippen molar-refractivity contribution >= 4 is 11.9 Å². The Hall–Kier alpha value is 0.270. The zero-order valence-corrected chi connectivity index (χ0v) is 6.99. The van der Waals surface area contributed by atoms with Crippen LogP contribution in [0.2, 0.25) is 0 Å². The van der Waals surface area contributed by atoms with Crippen LogP contribution in [-0.2, 0) is 4.84 Å². The lowest BCUT2D eigenvalue weighted by Gasteiger charge is -2.17. The van der Waals surface area contributed by atoms with Crippen LogP contribution in [0, 0.1) is 0 Å². The molecule has 0 saturated carbocycles. The second-order valence-electron chi connectivity index (χ2n) is 2.84. The van der Waals surface area contributed by atoms with Crippen molar-refractivity contribution in [3.63, 3.8) is 0 Å². The van der Waals surface area contributed by atoms with Crippen LogP contribution < -0.4 is 0 Å². The fourth-order valence-corrected chi connectivity index (χ4v) is 1.41. The molecule has 0 unspecified atom stereocenters. The maximum Gasteiger partial charge on any atom is 0.0868 e. The molecule has 0 aromatic rings. The summed E-state index contributed by atoms with van der Waals surface area (Å²) in [5.74, 6) is 0. The Morgan fingerprint density at radius 3 is 2.44 bits per heavy atom. The van der Waals surface area contributed by atoms with Gasteiger partial charge in [-0.05, 0) is 26.5 Å². The molecule has 0 bridgehead atoms. The molecule has 0 amide bonds. The van der Waals surface area contributed by atoms with Crippen molar-refractivity contribution in [1.82, 2.24) is 4.47 Å². The minimum atomic E-state index is 0.0724. The van der Waals surface area contributed by atoms with E-state index in [1.54, 1.807) is 11.9 Å². The van der Waals surface area contributed by atoms with Gasteiger partial charge in [-0.1, -0.05) is 11.9 Å². The fourth-order valence-electron chi connectivity index (χ4n) is 0.856. The van der Waals surface area contributed by atoms with Crippen LogP contribution >= 0.6 is 11.9 Å². The molecule has 1 fully saturated rings. The molecule has 2 nitrogen and oxygen atoms in total. The third-order valence-electron chi connectivity index (χ3n) is 1.45. The highest BCUT2D eigenvalue weighted by atomic mass is 32.2. The standard InChI is InChI=1S/C6H13NOS/c1-6(2)4-5-7(8-6)9-3/h4-5H2,1-3H3. The van der Waals surface area contributed by atoms with Gasteiger partial charge in [0.25, 0.3) is 0 Å². The van der Waals surface area contributed by atoms with Crippen LogP contribution in [0.25, 0.3) is 0 Å². The molecule has 1 saturated heterocycles. The fraction of sp³-hybridized carbons (Fsp3) is 1.00. The number of rotatable bonds is 1. The third kappa shape index (κ3) is 1.85. The first kappa shape index (κ1) is 7.38. The Morgan fingerprint density at radius 2 is 2.22 bits per heavy atom. The van der Waals surface area contributed by atoms with Crippen LogP contribution in [-0.4, -0.2) is 22.9 Å². The largest absolute Gasteiger partial charge is 0.282 e. The Balaban J connectivity index is 2.38. The van der Waals surface area contributed by atoms with E-state index in [-0.39, 0.29) is 5.60 Å². The summed E-state index contributed by atoms with van der Waals surface area (Å²) in [6.45, 7) is 5.28. The van der Waals surface area contributed by atoms with Gasteiger partial charge in [-0.15, -0.1) is 4.47 Å². The van der Waals surface area contributed by atoms with Crippen LogP contribution in [0.5, 0.6) is 0 Å². The van der Waals surface area contributed by atoms with E-state index in [1.165, 1.54) is 0 Å². The topological polar surface area (TPSA) is 12.5 Å². The van der Waals surface area contributed by atoms with Crippen LogP contribution in [0.3, 0.4) is 0 Å². The van der Waals surface area contributed by atoms with Crippen molar-refractivity contribution in [2.24, 2.45) is 0 Å². The van der Waals surface area contributed by atoms with E-state index in [0.717, 1.165) is 13.0 Å². The first-order chi connectivity index (χ1) is 4.14. The van der Waals surface area contributed by atoms with Gasteiger partial charge in [0, 0.05) is 6.54 Å². The Kier molecular flexibility index (Phi) is 2.03. The van der Waals surface area contributed by atoms with E-state index < -0.39 is 0 Å². The molecule has 1 aliphatic rings. The van der Waals surface area contributed by atoms with Gasteiger partial charge in [0.1, 0.15) is 0 Å². The number of hydrogen-bond donors (Lipinski definition) is 0. The minimum Gasteiger partial charge on any atom is -0.282 e. The monoisotopic (exact) mass is 147 g/mol. The van der Waals surface area contributed by atoms with Gasteiger partial charge in [-0.25, -0.2) is 0 Å². The number of hydroxylamine groups is 1. The molecular formula is C6H13NOS. The first-order valence-electron chi connectivity index (χ1n) is 3.15.